The van der Waals surface area contributed by atoms with Crippen molar-refractivity contribution in [3.8, 4) is 0 Å². The molecule has 2 aliphatic heterocycles. The van der Waals surface area contributed by atoms with E-state index in [4.69, 9.17) is 0 Å². The van der Waals surface area contributed by atoms with Gasteiger partial charge in [-0.25, -0.2) is 12.8 Å². The number of hydrogen-bond donors (Lipinski definition) is 0. The number of piperidine rings is 1. The van der Waals surface area contributed by atoms with Crippen molar-refractivity contribution in [1.82, 2.24) is 14.2 Å². The van der Waals surface area contributed by atoms with Crippen molar-refractivity contribution in [3.63, 3.8) is 0 Å². The highest BCUT2D eigenvalue weighted by Gasteiger charge is 2.33. The van der Waals surface area contributed by atoms with E-state index < -0.39 is 10.0 Å². The standard InChI is InChI=1S/C22H29FN4O3S/c1-2-15-31(29,30)27-13-11-26(12-14-27)22(28)17-6-9-25(10-7-17)21-5-8-24-20-4-3-18(23)16-19(20)21/h3-5,8,16-17H,2,6-7,9-15H2,1H3. The van der Waals surface area contributed by atoms with Gasteiger partial charge in [-0.3, -0.25) is 9.78 Å². The maximum atomic E-state index is 13.8. The zero-order chi connectivity index (χ0) is 22.0. The zero-order valence-electron chi connectivity index (χ0n) is 17.8. The lowest BCUT2D eigenvalue weighted by molar-refractivity contribution is -0.137. The van der Waals surface area contributed by atoms with Crippen LogP contribution in [0.2, 0.25) is 0 Å². The molecule has 31 heavy (non-hydrogen) atoms. The second kappa shape index (κ2) is 9.08. The van der Waals surface area contributed by atoms with E-state index >= 15 is 0 Å². The molecule has 0 saturated carbocycles. The largest absolute Gasteiger partial charge is 0.371 e. The summed E-state index contributed by atoms with van der Waals surface area (Å²) < 4.78 is 39.8. The lowest BCUT2D eigenvalue weighted by atomic mass is 9.94. The van der Waals surface area contributed by atoms with Crippen molar-refractivity contribution < 1.29 is 17.6 Å². The van der Waals surface area contributed by atoms with E-state index in [0.717, 1.165) is 42.5 Å². The lowest BCUT2D eigenvalue weighted by Crippen LogP contribution is -2.53. The Morgan fingerprint density at radius 2 is 1.81 bits per heavy atom. The molecule has 1 aromatic carbocycles. The minimum atomic E-state index is -3.21. The summed E-state index contributed by atoms with van der Waals surface area (Å²) in [7, 11) is -3.21. The van der Waals surface area contributed by atoms with E-state index in [1.807, 2.05) is 17.9 Å². The smallest absolute Gasteiger partial charge is 0.225 e. The predicted molar refractivity (Wildman–Crippen MR) is 119 cm³/mol. The van der Waals surface area contributed by atoms with Crippen LogP contribution in [0.25, 0.3) is 10.9 Å². The van der Waals surface area contributed by atoms with Crippen LogP contribution < -0.4 is 4.90 Å². The van der Waals surface area contributed by atoms with E-state index in [2.05, 4.69) is 9.88 Å². The number of anilines is 1. The quantitative estimate of drug-likeness (QED) is 0.703. The fraction of sp³-hybridized carbons (Fsp3) is 0.545. The number of hydrogen-bond acceptors (Lipinski definition) is 5. The second-order valence-corrected chi connectivity index (χ2v) is 10.4. The van der Waals surface area contributed by atoms with E-state index in [9.17, 15) is 17.6 Å². The molecule has 0 unspecified atom stereocenters. The fourth-order valence-electron chi connectivity index (χ4n) is 4.58. The first-order chi connectivity index (χ1) is 14.9. The van der Waals surface area contributed by atoms with Crippen molar-refractivity contribution in [3.05, 3.63) is 36.3 Å². The van der Waals surface area contributed by atoms with Crippen molar-refractivity contribution in [2.45, 2.75) is 26.2 Å². The van der Waals surface area contributed by atoms with Crippen LogP contribution in [0, 0.1) is 11.7 Å². The fourth-order valence-corrected chi connectivity index (χ4v) is 6.07. The molecule has 2 saturated heterocycles. The highest BCUT2D eigenvalue weighted by Crippen LogP contribution is 2.30. The third-order valence-electron chi connectivity index (χ3n) is 6.27. The molecule has 0 radical (unpaired) electrons. The van der Waals surface area contributed by atoms with Crippen LogP contribution in [0.3, 0.4) is 0 Å². The van der Waals surface area contributed by atoms with Gasteiger partial charge in [0.05, 0.1) is 11.3 Å². The number of benzene rings is 1. The second-order valence-electron chi connectivity index (χ2n) is 8.29. The average molecular weight is 449 g/mol. The third-order valence-corrected chi connectivity index (χ3v) is 8.35. The number of amides is 1. The highest BCUT2D eigenvalue weighted by atomic mass is 32.2. The van der Waals surface area contributed by atoms with Gasteiger partial charge in [-0.15, -0.1) is 0 Å². The van der Waals surface area contributed by atoms with Crippen molar-refractivity contribution in [2.24, 2.45) is 5.92 Å². The molecule has 0 N–H and O–H groups in total. The molecule has 0 spiro atoms. The Balaban J connectivity index is 1.36. The molecule has 1 amide bonds. The molecule has 168 valence electrons. The van der Waals surface area contributed by atoms with Crippen molar-refractivity contribution in [1.29, 1.82) is 0 Å². The zero-order valence-corrected chi connectivity index (χ0v) is 18.7. The van der Waals surface area contributed by atoms with E-state index in [0.29, 0.717) is 32.6 Å². The molecule has 1 aromatic heterocycles. The number of rotatable bonds is 5. The monoisotopic (exact) mass is 448 g/mol. The number of aromatic nitrogens is 1. The van der Waals surface area contributed by atoms with Crippen molar-refractivity contribution >= 4 is 32.5 Å². The minimum absolute atomic E-state index is 0.0557. The number of sulfonamides is 1. The number of piperazine rings is 1. The molecular weight excluding hydrogens is 419 g/mol. The Bertz CT molecular complexity index is 1050. The maximum Gasteiger partial charge on any atom is 0.225 e. The van der Waals surface area contributed by atoms with Crippen LogP contribution in [0.5, 0.6) is 0 Å². The van der Waals surface area contributed by atoms with Crippen molar-refractivity contribution in [2.75, 3.05) is 49.9 Å². The van der Waals surface area contributed by atoms with Gasteiger partial charge in [0.25, 0.3) is 0 Å². The van der Waals surface area contributed by atoms with Crippen LogP contribution >= 0.6 is 0 Å². The number of fused-ring (bicyclic) bond motifs is 1. The molecule has 2 aliphatic rings. The van der Waals surface area contributed by atoms with Gasteiger partial charge in [-0.2, -0.15) is 4.31 Å². The molecular formula is C22H29FN4O3S. The van der Waals surface area contributed by atoms with E-state index in [1.165, 1.54) is 16.4 Å². The number of carbonyl (C=O) groups excluding carboxylic acids is 1. The van der Waals surface area contributed by atoms with Crippen LogP contribution in [-0.4, -0.2) is 73.5 Å². The summed E-state index contributed by atoms with van der Waals surface area (Å²) in [6.45, 7) is 4.96. The summed E-state index contributed by atoms with van der Waals surface area (Å²) in [5.74, 6) is -0.0582. The third kappa shape index (κ3) is 4.67. The molecule has 4 rings (SSSR count). The Hall–Kier alpha value is -2.26. The molecule has 2 fully saturated rings. The predicted octanol–water partition coefficient (Wildman–Crippen LogP) is 2.47. The Labute approximate surface area is 182 Å². The van der Waals surface area contributed by atoms with Crippen LogP contribution in [0.4, 0.5) is 10.1 Å². The molecule has 3 heterocycles. The summed E-state index contributed by atoms with van der Waals surface area (Å²) in [5, 5.41) is 0.789. The summed E-state index contributed by atoms with van der Waals surface area (Å²) in [6.07, 6.45) is 3.79. The Kier molecular flexibility index (Phi) is 6.43. The van der Waals surface area contributed by atoms with Gasteiger partial charge in [0.15, 0.2) is 0 Å². The summed E-state index contributed by atoms with van der Waals surface area (Å²) in [6, 6.07) is 6.52. The molecule has 0 atom stereocenters. The van der Waals surface area contributed by atoms with E-state index in [1.54, 1.807) is 12.3 Å². The molecule has 2 aromatic rings. The van der Waals surface area contributed by atoms with Crippen LogP contribution in [-0.2, 0) is 14.8 Å². The van der Waals surface area contributed by atoms with Gasteiger partial charge < -0.3 is 9.80 Å². The van der Waals surface area contributed by atoms with Gasteiger partial charge in [-0.05, 0) is 43.5 Å². The summed E-state index contributed by atoms with van der Waals surface area (Å²) >= 11 is 0. The Morgan fingerprint density at radius 3 is 2.48 bits per heavy atom. The first-order valence-corrected chi connectivity index (χ1v) is 12.6. The van der Waals surface area contributed by atoms with Gasteiger partial charge in [0, 0.05) is 62.5 Å². The number of carbonyl (C=O) groups is 1. The van der Waals surface area contributed by atoms with Gasteiger partial charge in [-0.1, -0.05) is 6.92 Å². The lowest BCUT2D eigenvalue weighted by Gasteiger charge is -2.38. The maximum absolute atomic E-state index is 13.8. The minimum Gasteiger partial charge on any atom is -0.371 e. The number of halogens is 1. The molecule has 0 bridgehead atoms. The van der Waals surface area contributed by atoms with E-state index in [-0.39, 0.29) is 23.4 Å². The SMILES string of the molecule is CCCS(=O)(=O)N1CCN(C(=O)C2CCN(c3ccnc4ccc(F)cc34)CC2)CC1. The average Bonchev–Trinajstić information content (AvgIpc) is 2.78. The molecule has 9 heteroatoms. The highest BCUT2D eigenvalue weighted by molar-refractivity contribution is 7.89. The Morgan fingerprint density at radius 1 is 1.10 bits per heavy atom. The first-order valence-electron chi connectivity index (χ1n) is 10.9. The van der Waals surface area contributed by atoms with Gasteiger partial charge in [0.2, 0.25) is 15.9 Å². The van der Waals surface area contributed by atoms with Gasteiger partial charge >= 0.3 is 0 Å². The summed E-state index contributed by atoms with van der Waals surface area (Å²) in [4.78, 5) is 21.3. The topological polar surface area (TPSA) is 73.8 Å². The van der Waals surface area contributed by atoms with Gasteiger partial charge in [0.1, 0.15) is 5.82 Å². The van der Waals surface area contributed by atoms with Crippen LogP contribution in [0.1, 0.15) is 26.2 Å². The normalized spacial score (nSPS) is 19.2. The van der Waals surface area contributed by atoms with Crippen LogP contribution in [0.15, 0.2) is 30.5 Å². The number of nitrogens with zero attached hydrogens (tertiary/aromatic N) is 4. The molecule has 7 nitrogen and oxygen atoms in total. The first kappa shape index (κ1) is 22.0. The molecule has 0 aliphatic carbocycles. The number of pyridine rings is 1. The summed E-state index contributed by atoms with van der Waals surface area (Å²) in [5.41, 5.74) is 1.71.